The van der Waals surface area contributed by atoms with Gasteiger partial charge in [0.2, 0.25) is 6.29 Å². The molecule has 3 heterocycles. The first-order valence-electron chi connectivity index (χ1n) is 23.3. The molecule has 356 valence electrons. The van der Waals surface area contributed by atoms with Gasteiger partial charge in [-0.2, -0.15) is 0 Å². The zero-order valence-electron chi connectivity index (χ0n) is 37.0. The van der Waals surface area contributed by atoms with Crippen molar-refractivity contribution in [3.8, 4) is 5.75 Å². The number of carbonyl (C=O) groups is 3. The molecule has 9 N–H and O–H groups in total. The van der Waals surface area contributed by atoms with Crippen molar-refractivity contribution in [3.63, 3.8) is 0 Å². The number of ether oxygens (including phenoxy) is 2. The van der Waals surface area contributed by atoms with E-state index in [0.717, 1.165) is 36.7 Å². The van der Waals surface area contributed by atoms with E-state index in [0.29, 0.717) is 55.1 Å². The van der Waals surface area contributed by atoms with E-state index in [1.165, 1.54) is 51.9 Å². The Morgan fingerprint density at radius 2 is 1.81 bits per heavy atom. The summed E-state index contributed by atoms with van der Waals surface area (Å²) in [5.74, 6) is -2.99. The van der Waals surface area contributed by atoms with Crippen LogP contribution in [0.25, 0.3) is 0 Å². The lowest BCUT2D eigenvalue weighted by Crippen LogP contribution is -2.78. The molecule has 7 bridgehead atoms. The Bertz CT molecular complexity index is 2510. The van der Waals surface area contributed by atoms with Gasteiger partial charge in [-0.25, -0.2) is 0 Å². The fourth-order valence-corrected chi connectivity index (χ4v) is 16.1. The number of nitrogens with one attached hydrogen (secondary N) is 2. The van der Waals surface area contributed by atoms with Crippen molar-refractivity contribution in [2.75, 3.05) is 25.6 Å². The summed E-state index contributed by atoms with van der Waals surface area (Å²) in [6.07, 6.45) is 10.8. The number of Topliss-reactive ketones (excluding diaryl/α,β-unsaturated/α-hetero) is 2. The van der Waals surface area contributed by atoms with E-state index in [1.807, 2.05) is 24.3 Å². The van der Waals surface area contributed by atoms with Gasteiger partial charge in [-0.3, -0.25) is 9.59 Å². The van der Waals surface area contributed by atoms with E-state index >= 15 is 9.59 Å². The summed E-state index contributed by atoms with van der Waals surface area (Å²) in [4.78, 5) is 43.7. The number of benzene rings is 2. The second-order valence-electron chi connectivity index (χ2n) is 19.8. The van der Waals surface area contributed by atoms with E-state index in [1.54, 1.807) is 18.2 Å². The lowest BCUT2D eigenvalue weighted by molar-refractivity contribution is -0.355. The van der Waals surface area contributed by atoms with Gasteiger partial charge in [0.1, 0.15) is 46.6 Å². The van der Waals surface area contributed by atoms with Crippen LogP contribution in [0, 0.1) is 34.0 Å². The Balaban J connectivity index is 1.13. The number of hydrogen-bond donors (Lipinski definition) is 9. The number of rotatable bonds is 8. The van der Waals surface area contributed by atoms with Crippen LogP contribution in [-0.2, 0) is 22.6 Å². The number of aldehydes is 1. The highest BCUT2D eigenvalue weighted by atomic mass is 33.1. The average molecular weight is 955 g/mol. The molecule has 3 fully saturated rings. The molecule has 8 aliphatic rings. The molecule has 10 rings (SSSR count). The first-order chi connectivity index (χ1) is 32.3. The quantitative estimate of drug-likeness (QED) is 0.101. The number of allylic oxidation sites excluding steroid dienone is 6. The van der Waals surface area contributed by atoms with E-state index in [4.69, 9.17) is 9.47 Å². The summed E-state index contributed by atoms with van der Waals surface area (Å²) in [5, 5.41) is 88.1. The lowest BCUT2D eigenvalue weighted by Gasteiger charge is -2.60. The molecule has 2 aromatic rings. The molecule has 0 aromatic heterocycles. The Kier molecular flexibility index (Phi) is 12.2. The fraction of sp³-hybridized carbons (Fsp3) is 0.510. The minimum atomic E-state index is -2.43. The molecule has 1 saturated heterocycles. The average Bonchev–Trinajstić information content (AvgIpc) is 3.93. The zero-order chi connectivity index (χ0) is 46.9. The number of aliphatic hydroxyl groups excluding tert-OH is 6. The summed E-state index contributed by atoms with van der Waals surface area (Å²) >= 11 is 0. The molecule has 14 nitrogen and oxygen atoms in total. The van der Waals surface area contributed by atoms with Gasteiger partial charge in [-0.1, -0.05) is 88.7 Å². The van der Waals surface area contributed by atoms with E-state index < -0.39 is 75.8 Å². The Hall–Kier alpha value is -4.23. The highest BCUT2D eigenvalue weighted by molar-refractivity contribution is 8.76. The third kappa shape index (κ3) is 7.06. The predicted octanol–water partition coefficient (Wildman–Crippen LogP) is 4.50. The molecule has 2 aromatic carbocycles. The van der Waals surface area contributed by atoms with E-state index in [-0.39, 0.29) is 60.0 Å². The van der Waals surface area contributed by atoms with Crippen molar-refractivity contribution in [2.45, 2.75) is 99.3 Å². The standard InChI is InChI=1S/C51H58N2O12S2/c54-18-4-10-39-50-35(21-31(22-38(50)58)20-29-5-1-6-30(19-29)24-55)42(59)34-8-2-9-36(41(34)43(50)60)64-45-44(61)51(63)37(11-14-49(27-57,65-45)46(51)62)48(16-15-47(26-48)13-3-7-33(47)25-56)32-12-17-52-40(23-32)53-28-66-67-39/h1-2,5-6,8-9,11-12,14,19,21-23,25,33,35,37,39,44-46,52-55,57-58,61-63H,3-4,7,10,13,15-18,20,24,26-28H2. The monoisotopic (exact) mass is 954 g/mol. The molecule has 0 radical (unpaired) electrons. The second-order valence-corrected chi connectivity index (χ2v) is 22.3. The maximum Gasteiger partial charge on any atom is 0.230 e. The number of aliphatic hydroxyl groups is 7. The summed E-state index contributed by atoms with van der Waals surface area (Å²) in [5.41, 5.74) is -4.76. The minimum absolute atomic E-state index is 0.0125. The van der Waals surface area contributed by atoms with Crippen LogP contribution in [0.4, 0.5) is 0 Å². The van der Waals surface area contributed by atoms with Crippen molar-refractivity contribution in [2.24, 2.45) is 34.0 Å². The van der Waals surface area contributed by atoms with Crippen LogP contribution in [-0.4, -0.2) is 114 Å². The van der Waals surface area contributed by atoms with Crippen molar-refractivity contribution >= 4 is 39.4 Å². The predicted molar refractivity (Wildman–Crippen MR) is 250 cm³/mol. The molecule has 67 heavy (non-hydrogen) atoms. The number of carbonyl (C=O) groups excluding carboxylic acids is 3. The van der Waals surface area contributed by atoms with E-state index in [9.17, 15) is 40.5 Å². The van der Waals surface area contributed by atoms with Gasteiger partial charge in [-0.05, 0) is 97.3 Å². The van der Waals surface area contributed by atoms with Crippen LogP contribution in [0.1, 0.15) is 83.2 Å². The van der Waals surface area contributed by atoms with Crippen LogP contribution in [0.2, 0.25) is 0 Å². The van der Waals surface area contributed by atoms with Gasteiger partial charge in [0, 0.05) is 41.2 Å². The van der Waals surface area contributed by atoms with Crippen LogP contribution >= 0.6 is 21.6 Å². The maximum absolute atomic E-state index is 15.9. The minimum Gasteiger partial charge on any atom is -0.511 e. The molecule has 3 spiro atoms. The molecule has 5 aliphatic carbocycles. The van der Waals surface area contributed by atoms with E-state index in [2.05, 4.69) is 16.7 Å². The molecule has 3 aliphatic heterocycles. The largest absolute Gasteiger partial charge is 0.511 e. The maximum atomic E-state index is 15.9. The molecular weight excluding hydrogens is 897 g/mol. The third-order valence-electron chi connectivity index (χ3n) is 16.5. The molecular formula is C51H58N2O12S2. The molecule has 12 atom stereocenters. The third-order valence-corrected chi connectivity index (χ3v) is 19.2. The van der Waals surface area contributed by atoms with Crippen LogP contribution in [0.3, 0.4) is 0 Å². The molecule has 12 unspecified atom stereocenters. The molecule has 16 heteroatoms. The molecule has 0 amide bonds. The van der Waals surface area contributed by atoms with Crippen LogP contribution in [0.15, 0.2) is 102 Å². The summed E-state index contributed by atoms with van der Waals surface area (Å²) in [6.45, 7) is -0.784. The smallest absolute Gasteiger partial charge is 0.230 e. The lowest BCUT2D eigenvalue weighted by atomic mass is 9.53. The normalized spacial score (nSPS) is 38.7. The van der Waals surface area contributed by atoms with Gasteiger partial charge < -0.3 is 60.6 Å². The van der Waals surface area contributed by atoms with Crippen LogP contribution in [0.5, 0.6) is 5.75 Å². The summed E-state index contributed by atoms with van der Waals surface area (Å²) in [6, 6.07) is 11.8. The Morgan fingerprint density at radius 1 is 0.985 bits per heavy atom. The van der Waals surface area contributed by atoms with Crippen LogP contribution < -0.4 is 15.4 Å². The van der Waals surface area contributed by atoms with Gasteiger partial charge in [0.05, 0.1) is 36.4 Å². The fourth-order valence-electron chi connectivity index (χ4n) is 13.3. The van der Waals surface area contributed by atoms with Crippen molar-refractivity contribution < 1.29 is 59.6 Å². The van der Waals surface area contributed by atoms with Crippen molar-refractivity contribution in [3.05, 3.63) is 124 Å². The highest BCUT2D eigenvalue weighted by Gasteiger charge is 2.72. The molecule has 2 saturated carbocycles. The number of hydrogen-bond acceptors (Lipinski definition) is 16. The number of fused-ring (bicyclic) bond motifs is 5. The summed E-state index contributed by atoms with van der Waals surface area (Å²) in [7, 11) is 2.74. The zero-order valence-corrected chi connectivity index (χ0v) is 38.6. The highest BCUT2D eigenvalue weighted by Crippen LogP contribution is 2.68. The first kappa shape index (κ1) is 46.5. The number of dihydropyridines is 1. The Morgan fingerprint density at radius 3 is 2.60 bits per heavy atom. The van der Waals surface area contributed by atoms with Gasteiger partial charge in [-0.15, -0.1) is 0 Å². The topological polar surface area (TPSA) is 235 Å². The van der Waals surface area contributed by atoms with Crippen molar-refractivity contribution in [1.29, 1.82) is 0 Å². The SMILES string of the molecule is O=CC1CCCC12CCC1(C2)C2=CCNC(=C2)NCSSC(CCCO)C23C(=O)c4c(cccc4C(=O)C2C=C(Cc2cccc(CO)c2)C=C3O)OC2OC3(CO)C=CC1C(O)(C2O)C3O. The summed E-state index contributed by atoms with van der Waals surface area (Å²) < 4.78 is 12.9. The van der Waals surface area contributed by atoms with Crippen molar-refractivity contribution in [1.82, 2.24) is 10.6 Å². The number of ketones is 2. The first-order valence-corrected chi connectivity index (χ1v) is 25.7. The second kappa shape index (κ2) is 17.6. The van der Waals surface area contributed by atoms with Gasteiger partial charge in [0.15, 0.2) is 11.6 Å². The van der Waals surface area contributed by atoms with Gasteiger partial charge >= 0.3 is 0 Å². The van der Waals surface area contributed by atoms with Gasteiger partial charge in [0.25, 0.3) is 0 Å². The Labute approximate surface area is 396 Å².